The molecule has 4 rings (SSSR count). The summed E-state index contributed by atoms with van der Waals surface area (Å²) in [5, 5.41) is 3.05. The van der Waals surface area contributed by atoms with Crippen LogP contribution in [0.5, 0.6) is 0 Å². The molecule has 0 saturated carbocycles. The maximum atomic E-state index is 12.7. The lowest BCUT2D eigenvalue weighted by Gasteiger charge is -2.18. The van der Waals surface area contributed by atoms with Gasteiger partial charge in [0.25, 0.3) is 0 Å². The number of hydrogen-bond donors (Lipinski definition) is 1. The molecule has 0 atom stereocenters. The third kappa shape index (κ3) is 4.76. The Hall–Kier alpha value is -3.73. The van der Waals surface area contributed by atoms with E-state index < -0.39 is 0 Å². The molecule has 2 aromatic carbocycles. The van der Waals surface area contributed by atoms with E-state index in [2.05, 4.69) is 39.6 Å². The van der Waals surface area contributed by atoms with Crippen molar-refractivity contribution in [2.24, 2.45) is 0 Å². The highest BCUT2D eigenvalue weighted by Gasteiger charge is 2.18. The molecule has 144 valence electrons. The molecule has 0 fully saturated rings. The van der Waals surface area contributed by atoms with E-state index in [4.69, 9.17) is 0 Å². The molecule has 0 aliphatic rings. The van der Waals surface area contributed by atoms with Crippen molar-refractivity contribution in [2.75, 3.05) is 0 Å². The number of hydrogen-bond acceptors (Lipinski definition) is 3. The molecule has 5 heteroatoms. The highest BCUT2D eigenvalue weighted by Crippen LogP contribution is 2.27. The first-order chi connectivity index (χ1) is 14.3. The minimum absolute atomic E-state index is 0.0173. The molecule has 0 radical (unpaired) electrons. The van der Waals surface area contributed by atoms with Crippen LogP contribution in [0.4, 0.5) is 0 Å². The van der Waals surface area contributed by atoms with Gasteiger partial charge >= 0.3 is 0 Å². The number of benzene rings is 2. The smallest absolute Gasteiger partial charge is 0.221 e. The molecule has 0 bridgehead atoms. The summed E-state index contributed by atoms with van der Waals surface area (Å²) < 4.78 is 1.84. The minimum Gasteiger partial charge on any atom is -0.352 e. The molecule has 0 aliphatic carbocycles. The van der Waals surface area contributed by atoms with E-state index in [1.54, 1.807) is 18.7 Å². The van der Waals surface area contributed by atoms with E-state index in [-0.39, 0.29) is 11.8 Å². The molecule has 0 spiro atoms. The third-order valence-corrected chi connectivity index (χ3v) is 4.86. The van der Waals surface area contributed by atoms with Crippen LogP contribution in [-0.4, -0.2) is 20.4 Å². The van der Waals surface area contributed by atoms with Crippen LogP contribution in [0.25, 0.3) is 5.82 Å². The summed E-state index contributed by atoms with van der Waals surface area (Å²) in [5.74, 6) is 0.820. The summed E-state index contributed by atoms with van der Waals surface area (Å²) in [7, 11) is 0. The standard InChI is InChI=1S/C24H22N4O/c29-24(27-17-19-11-12-26-23(15-19)28-14-13-25-18-28)16-22(20-7-3-1-4-8-20)21-9-5-2-6-10-21/h1-15,18,22H,16-17H2,(H,27,29). The highest BCUT2D eigenvalue weighted by atomic mass is 16.1. The van der Waals surface area contributed by atoms with Crippen LogP contribution in [0.1, 0.15) is 29.0 Å². The zero-order valence-corrected chi connectivity index (χ0v) is 16.0. The van der Waals surface area contributed by atoms with Gasteiger partial charge in [0, 0.05) is 37.5 Å². The number of nitrogens with one attached hydrogen (secondary N) is 1. The van der Waals surface area contributed by atoms with Gasteiger partial charge in [-0.25, -0.2) is 9.97 Å². The molecule has 2 heterocycles. The number of pyridine rings is 1. The Morgan fingerprint density at radius 3 is 2.24 bits per heavy atom. The van der Waals surface area contributed by atoms with Crippen molar-refractivity contribution in [3.63, 3.8) is 0 Å². The summed E-state index contributed by atoms with van der Waals surface area (Å²) in [6.45, 7) is 0.458. The van der Waals surface area contributed by atoms with Crippen molar-refractivity contribution >= 4 is 5.91 Å². The third-order valence-electron chi connectivity index (χ3n) is 4.86. The number of carbonyl (C=O) groups is 1. The van der Waals surface area contributed by atoms with Crippen molar-refractivity contribution in [2.45, 2.75) is 18.9 Å². The predicted molar refractivity (Wildman–Crippen MR) is 113 cm³/mol. The fourth-order valence-corrected chi connectivity index (χ4v) is 3.36. The average Bonchev–Trinajstić information content (AvgIpc) is 3.33. The SMILES string of the molecule is O=C(CC(c1ccccc1)c1ccccc1)NCc1ccnc(-n2ccnc2)c1. The van der Waals surface area contributed by atoms with Gasteiger partial charge in [0.2, 0.25) is 5.91 Å². The summed E-state index contributed by atoms with van der Waals surface area (Å²) in [5.41, 5.74) is 3.27. The van der Waals surface area contributed by atoms with Crippen molar-refractivity contribution in [1.29, 1.82) is 0 Å². The van der Waals surface area contributed by atoms with Gasteiger partial charge in [-0.3, -0.25) is 9.36 Å². The topological polar surface area (TPSA) is 59.8 Å². The zero-order chi connectivity index (χ0) is 19.9. The van der Waals surface area contributed by atoms with E-state index >= 15 is 0 Å². The van der Waals surface area contributed by atoms with Crippen LogP contribution in [-0.2, 0) is 11.3 Å². The first-order valence-electron chi connectivity index (χ1n) is 9.59. The Morgan fingerprint density at radius 2 is 1.62 bits per heavy atom. The Bertz CT molecular complexity index is 1010. The predicted octanol–water partition coefficient (Wildman–Crippen LogP) is 4.11. The second kappa shape index (κ2) is 8.97. The summed E-state index contributed by atoms with van der Waals surface area (Å²) in [4.78, 5) is 21.1. The monoisotopic (exact) mass is 382 g/mol. The zero-order valence-electron chi connectivity index (χ0n) is 16.0. The highest BCUT2D eigenvalue weighted by molar-refractivity contribution is 5.77. The summed E-state index contributed by atoms with van der Waals surface area (Å²) >= 11 is 0. The van der Waals surface area contributed by atoms with E-state index in [0.717, 1.165) is 22.5 Å². The van der Waals surface area contributed by atoms with Gasteiger partial charge in [0.1, 0.15) is 12.1 Å². The van der Waals surface area contributed by atoms with Gasteiger partial charge in [0.15, 0.2) is 0 Å². The summed E-state index contributed by atoms with van der Waals surface area (Å²) in [6, 6.07) is 24.2. The van der Waals surface area contributed by atoms with Gasteiger partial charge < -0.3 is 5.32 Å². The van der Waals surface area contributed by atoms with Crippen LogP contribution in [0.3, 0.4) is 0 Å². The van der Waals surface area contributed by atoms with Gasteiger partial charge in [-0.2, -0.15) is 0 Å². The van der Waals surface area contributed by atoms with E-state index in [1.807, 2.05) is 59.3 Å². The molecular formula is C24H22N4O. The van der Waals surface area contributed by atoms with Crippen LogP contribution >= 0.6 is 0 Å². The van der Waals surface area contributed by atoms with Crippen LogP contribution in [0.15, 0.2) is 97.7 Å². The largest absolute Gasteiger partial charge is 0.352 e. The van der Waals surface area contributed by atoms with Crippen molar-refractivity contribution < 1.29 is 4.79 Å². The first-order valence-corrected chi connectivity index (χ1v) is 9.59. The average molecular weight is 382 g/mol. The van der Waals surface area contributed by atoms with Crippen LogP contribution < -0.4 is 5.32 Å². The molecule has 5 nitrogen and oxygen atoms in total. The molecule has 1 N–H and O–H groups in total. The van der Waals surface area contributed by atoms with E-state index in [0.29, 0.717) is 13.0 Å². The lowest BCUT2D eigenvalue weighted by atomic mass is 9.88. The Balaban J connectivity index is 1.44. The molecule has 0 unspecified atom stereocenters. The molecule has 1 amide bonds. The Morgan fingerprint density at radius 1 is 0.931 bits per heavy atom. The van der Waals surface area contributed by atoms with Crippen LogP contribution in [0.2, 0.25) is 0 Å². The second-order valence-electron chi connectivity index (χ2n) is 6.85. The Labute approximate surface area is 170 Å². The maximum absolute atomic E-state index is 12.7. The van der Waals surface area contributed by atoms with Gasteiger partial charge in [-0.05, 0) is 28.8 Å². The van der Waals surface area contributed by atoms with Gasteiger partial charge in [0.05, 0.1) is 0 Å². The normalized spacial score (nSPS) is 10.8. The number of carbonyl (C=O) groups excluding carboxylic acids is 1. The van der Waals surface area contributed by atoms with E-state index in [9.17, 15) is 4.79 Å². The Kier molecular flexibility index (Phi) is 5.76. The van der Waals surface area contributed by atoms with Gasteiger partial charge in [-0.1, -0.05) is 60.7 Å². The minimum atomic E-state index is 0.0173. The summed E-state index contributed by atoms with van der Waals surface area (Å²) in [6.07, 6.45) is 7.40. The van der Waals surface area contributed by atoms with Crippen molar-refractivity contribution in [1.82, 2.24) is 19.9 Å². The van der Waals surface area contributed by atoms with Crippen LogP contribution in [0, 0.1) is 0 Å². The van der Waals surface area contributed by atoms with Gasteiger partial charge in [-0.15, -0.1) is 0 Å². The lowest BCUT2D eigenvalue weighted by molar-refractivity contribution is -0.121. The van der Waals surface area contributed by atoms with E-state index in [1.165, 1.54) is 0 Å². The number of aromatic nitrogens is 3. The molecule has 4 aromatic rings. The van der Waals surface area contributed by atoms with Crippen molar-refractivity contribution in [3.05, 3.63) is 114 Å². The molecular weight excluding hydrogens is 360 g/mol. The fourth-order valence-electron chi connectivity index (χ4n) is 3.36. The molecule has 0 saturated heterocycles. The number of nitrogens with zero attached hydrogens (tertiary/aromatic N) is 3. The fraction of sp³-hybridized carbons (Fsp3) is 0.125. The quantitative estimate of drug-likeness (QED) is 0.523. The second-order valence-corrected chi connectivity index (χ2v) is 6.85. The number of imidazole rings is 1. The molecule has 2 aromatic heterocycles. The first kappa shape index (κ1) is 18.6. The number of rotatable bonds is 7. The molecule has 29 heavy (non-hydrogen) atoms. The lowest BCUT2D eigenvalue weighted by Crippen LogP contribution is -2.25. The number of amides is 1. The maximum Gasteiger partial charge on any atom is 0.221 e. The van der Waals surface area contributed by atoms with Crippen molar-refractivity contribution in [3.8, 4) is 5.82 Å². The molecule has 0 aliphatic heterocycles.